The highest BCUT2D eigenvalue weighted by atomic mass is 32.1. The second kappa shape index (κ2) is 5.19. The summed E-state index contributed by atoms with van der Waals surface area (Å²) in [5, 5.41) is 0. The van der Waals surface area contributed by atoms with Crippen LogP contribution in [0.15, 0.2) is 36.9 Å². The van der Waals surface area contributed by atoms with E-state index in [1.54, 1.807) is 11.3 Å². The summed E-state index contributed by atoms with van der Waals surface area (Å²) < 4.78 is 5.67. The number of ether oxygens (including phenoxy) is 1. The molecule has 0 saturated carbocycles. The average Bonchev–Trinajstić information content (AvgIpc) is 2.77. The first-order valence-electron chi connectivity index (χ1n) is 5.70. The molecule has 0 aliphatic carbocycles. The van der Waals surface area contributed by atoms with Crippen LogP contribution in [0.5, 0.6) is 5.75 Å². The van der Waals surface area contributed by atoms with Gasteiger partial charge in [0.1, 0.15) is 5.75 Å². The Morgan fingerprint density at radius 1 is 1.29 bits per heavy atom. The molecular formula is C15H16OS. The summed E-state index contributed by atoms with van der Waals surface area (Å²) in [5.74, 6) is 0.944. The molecule has 0 fully saturated rings. The Hall–Kier alpha value is -1.54. The normalized spacial score (nSPS) is 10.2. The topological polar surface area (TPSA) is 9.23 Å². The quantitative estimate of drug-likeness (QED) is 0.753. The van der Waals surface area contributed by atoms with Crippen LogP contribution in [0.25, 0.3) is 16.5 Å². The molecular weight excluding hydrogens is 228 g/mol. The van der Waals surface area contributed by atoms with Crippen molar-refractivity contribution in [1.29, 1.82) is 0 Å². The Kier molecular flexibility index (Phi) is 3.64. The van der Waals surface area contributed by atoms with Crippen LogP contribution in [0.1, 0.15) is 17.4 Å². The van der Waals surface area contributed by atoms with Crippen molar-refractivity contribution in [3.05, 3.63) is 47.4 Å². The molecule has 1 aromatic heterocycles. The zero-order chi connectivity index (χ0) is 12.3. The standard InChI is InChI=1S/C15H16OS/c1-4-12-7-8-14(16-5-2)13(10-12)15-9-6-11(3)17-15/h4,6-10H,1,5H2,2-3H3. The van der Waals surface area contributed by atoms with Crippen LogP contribution in [0.2, 0.25) is 0 Å². The van der Waals surface area contributed by atoms with Crippen molar-refractivity contribution in [1.82, 2.24) is 0 Å². The molecule has 0 aliphatic rings. The second-order valence-electron chi connectivity index (χ2n) is 3.80. The SMILES string of the molecule is C=Cc1ccc(OCC)c(-c2ccc(C)s2)c1. The molecule has 0 aliphatic heterocycles. The minimum absolute atomic E-state index is 0.685. The molecule has 2 heteroatoms. The fraction of sp³-hybridized carbons (Fsp3) is 0.200. The summed E-state index contributed by atoms with van der Waals surface area (Å²) in [6.07, 6.45) is 1.86. The second-order valence-corrected chi connectivity index (χ2v) is 5.09. The highest BCUT2D eigenvalue weighted by Crippen LogP contribution is 2.35. The third-order valence-electron chi connectivity index (χ3n) is 2.54. The van der Waals surface area contributed by atoms with Crippen molar-refractivity contribution < 1.29 is 4.74 Å². The first-order chi connectivity index (χ1) is 8.24. The molecule has 0 saturated heterocycles. The fourth-order valence-corrected chi connectivity index (χ4v) is 2.62. The van der Waals surface area contributed by atoms with Crippen LogP contribution < -0.4 is 4.74 Å². The van der Waals surface area contributed by atoms with Gasteiger partial charge in [0.15, 0.2) is 0 Å². The van der Waals surface area contributed by atoms with Gasteiger partial charge < -0.3 is 4.74 Å². The molecule has 2 aromatic rings. The van der Waals surface area contributed by atoms with E-state index in [1.165, 1.54) is 9.75 Å². The summed E-state index contributed by atoms with van der Waals surface area (Å²) >= 11 is 1.79. The van der Waals surface area contributed by atoms with Crippen molar-refractivity contribution >= 4 is 17.4 Å². The van der Waals surface area contributed by atoms with Gasteiger partial charge in [0.25, 0.3) is 0 Å². The molecule has 0 N–H and O–H groups in total. The predicted molar refractivity (Wildman–Crippen MR) is 75.8 cm³/mol. The van der Waals surface area contributed by atoms with Crippen LogP contribution >= 0.6 is 11.3 Å². The van der Waals surface area contributed by atoms with Gasteiger partial charge in [0.2, 0.25) is 0 Å². The van der Waals surface area contributed by atoms with Gasteiger partial charge in [-0.05, 0) is 43.7 Å². The minimum Gasteiger partial charge on any atom is -0.493 e. The van der Waals surface area contributed by atoms with Gasteiger partial charge in [-0.3, -0.25) is 0 Å². The average molecular weight is 244 g/mol. The highest BCUT2D eigenvalue weighted by molar-refractivity contribution is 7.15. The number of hydrogen-bond donors (Lipinski definition) is 0. The third kappa shape index (κ3) is 2.59. The van der Waals surface area contributed by atoms with Crippen molar-refractivity contribution in [2.75, 3.05) is 6.61 Å². The van der Waals surface area contributed by atoms with Crippen molar-refractivity contribution in [3.8, 4) is 16.2 Å². The van der Waals surface area contributed by atoms with Crippen molar-refractivity contribution in [2.45, 2.75) is 13.8 Å². The maximum Gasteiger partial charge on any atom is 0.127 e. The zero-order valence-corrected chi connectivity index (χ0v) is 11.0. The summed E-state index contributed by atoms with van der Waals surface area (Å²) in [7, 11) is 0. The predicted octanol–water partition coefficient (Wildman–Crippen LogP) is 4.77. The first kappa shape index (κ1) is 11.9. The fourth-order valence-electron chi connectivity index (χ4n) is 1.73. The van der Waals surface area contributed by atoms with E-state index in [2.05, 4.69) is 31.7 Å². The largest absolute Gasteiger partial charge is 0.493 e. The maximum atomic E-state index is 5.67. The van der Waals surface area contributed by atoms with Gasteiger partial charge in [-0.1, -0.05) is 18.7 Å². The molecule has 0 bridgehead atoms. The van der Waals surface area contributed by atoms with E-state index in [9.17, 15) is 0 Å². The number of aryl methyl sites for hydroxylation is 1. The lowest BCUT2D eigenvalue weighted by Gasteiger charge is -2.09. The lowest BCUT2D eigenvalue weighted by atomic mass is 10.1. The van der Waals surface area contributed by atoms with Crippen LogP contribution in [0, 0.1) is 6.92 Å². The maximum absolute atomic E-state index is 5.67. The first-order valence-corrected chi connectivity index (χ1v) is 6.52. The minimum atomic E-state index is 0.685. The van der Waals surface area contributed by atoms with Crippen LogP contribution in [-0.2, 0) is 0 Å². The molecule has 0 radical (unpaired) electrons. The van der Waals surface area contributed by atoms with Gasteiger partial charge in [0, 0.05) is 15.3 Å². The molecule has 17 heavy (non-hydrogen) atoms. The number of hydrogen-bond acceptors (Lipinski definition) is 2. The van der Waals surface area contributed by atoms with E-state index in [0.29, 0.717) is 6.61 Å². The van der Waals surface area contributed by atoms with E-state index in [0.717, 1.165) is 16.9 Å². The molecule has 2 rings (SSSR count). The Labute approximate surface area is 106 Å². The van der Waals surface area contributed by atoms with Crippen LogP contribution in [0.4, 0.5) is 0 Å². The Balaban J connectivity index is 2.51. The Morgan fingerprint density at radius 3 is 2.71 bits per heavy atom. The van der Waals surface area contributed by atoms with Crippen molar-refractivity contribution in [2.24, 2.45) is 0 Å². The van der Waals surface area contributed by atoms with E-state index < -0.39 is 0 Å². The smallest absolute Gasteiger partial charge is 0.127 e. The van der Waals surface area contributed by atoms with E-state index in [4.69, 9.17) is 4.74 Å². The van der Waals surface area contributed by atoms with Crippen LogP contribution in [0.3, 0.4) is 0 Å². The molecule has 0 amide bonds. The van der Waals surface area contributed by atoms with Gasteiger partial charge in [-0.2, -0.15) is 0 Å². The van der Waals surface area contributed by atoms with Gasteiger partial charge in [-0.25, -0.2) is 0 Å². The van der Waals surface area contributed by atoms with Gasteiger partial charge in [-0.15, -0.1) is 11.3 Å². The zero-order valence-electron chi connectivity index (χ0n) is 10.2. The number of benzene rings is 1. The van der Waals surface area contributed by atoms with Gasteiger partial charge >= 0.3 is 0 Å². The van der Waals surface area contributed by atoms with Crippen molar-refractivity contribution in [3.63, 3.8) is 0 Å². The van der Waals surface area contributed by atoms with E-state index in [-0.39, 0.29) is 0 Å². The van der Waals surface area contributed by atoms with Crippen LogP contribution in [-0.4, -0.2) is 6.61 Å². The third-order valence-corrected chi connectivity index (χ3v) is 3.58. The Bertz CT molecular complexity index is 525. The summed E-state index contributed by atoms with van der Waals surface area (Å²) in [6, 6.07) is 10.5. The molecule has 0 atom stereocenters. The molecule has 88 valence electrons. The van der Waals surface area contributed by atoms with Gasteiger partial charge in [0.05, 0.1) is 6.61 Å². The summed E-state index contributed by atoms with van der Waals surface area (Å²) in [5.41, 5.74) is 2.27. The van der Waals surface area contributed by atoms with E-state index in [1.807, 2.05) is 25.1 Å². The molecule has 1 heterocycles. The molecule has 1 aromatic carbocycles. The monoisotopic (exact) mass is 244 g/mol. The summed E-state index contributed by atoms with van der Waals surface area (Å²) in [6.45, 7) is 8.62. The lowest BCUT2D eigenvalue weighted by molar-refractivity contribution is 0.341. The molecule has 0 spiro atoms. The Morgan fingerprint density at radius 2 is 2.12 bits per heavy atom. The molecule has 0 unspecified atom stereocenters. The highest BCUT2D eigenvalue weighted by Gasteiger charge is 2.08. The molecule has 1 nitrogen and oxygen atoms in total. The lowest BCUT2D eigenvalue weighted by Crippen LogP contribution is -1.93. The number of rotatable bonds is 4. The van der Waals surface area contributed by atoms with E-state index >= 15 is 0 Å². The summed E-state index contributed by atoms with van der Waals surface area (Å²) in [4.78, 5) is 2.56. The number of thiophene rings is 1.